The van der Waals surface area contributed by atoms with Crippen molar-refractivity contribution in [3.05, 3.63) is 89.5 Å². The summed E-state index contributed by atoms with van der Waals surface area (Å²) in [5.41, 5.74) is 3.98. The normalized spacial score (nSPS) is 21.7. The van der Waals surface area contributed by atoms with Crippen LogP contribution in [-0.4, -0.2) is 31.6 Å². The van der Waals surface area contributed by atoms with E-state index in [0.29, 0.717) is 11.4 Å². The van der Waals surface area contributed by atoms with E-state index in [9.17, 15) is 9.90 Å². The lowest BCUT2D eigenvalue weighted by Crippen LogP contribution is -2.38. The zero-order valence-corrected chi connectivity index (χ0v) is 24.6. The number of aliphatic hydroxyl groups excluding tert-OH is 1. The maximum Gasteiger partial charge on any atom is 0.276 e. The van der Waals surface area contributed by atoms with E-state index in [1.165, 1.54) is 0 Å². The number of fused-ring (bicyclic) bond motifs is 1. The van der Waals surface area contributed by atoms with Crippen molar-refractivity contribution < 1.29 is 19.4 Å². The number of nitrogens with one attached hydrogen (secondary N) is 1. The number of rotatable bonds is 7. The van der Waals surface area contributed by atoms with Gasteiger partial charge in [0, 0.05) is 22.9 Å². The van der Waals surface area contributed by atoms with Gasteiger partial charge in [-0.3, -0.25) is 4.79 Å². The Bertz CT molecular complexity index is 1410. The van der Waals surface area contributed by atoms with Gasteiger partial charge in [-0.05, 0) is 35.4 Å². The number of ether oxygens (including phenoxy) is 2. The number of carbonyl (C=O) groups is 1. The molecule has 5 rings (SSSR count). The lowest BCUT2D eigenvalue weighted by molar-refractivity contribution is -0.268. The summed E-state index contributed by atoms with van der Waals surface area (Å²) in [7, 11) is 0. The van der Waals surface area contributed by atoms with Gasteiger partial charge in [-0.1, -0.05) is 102 Å². The number of alkyl halides is 3. The van der Waals surface area contributed by atoms with Crippen LogP contribution >= 0.6 is 57.9 Å². The number of halogens is 3. The standard InChI is InChI=1S/C28H25Cl3N2O4S2/c1-16-22(15-38-27-33-21-7-2-3-8-23(21)39-27)36-25(37-24(16)18-11-9-17(14-34)10-12-18)19-5-4-6-20(13-19)32-26(35)28(29,30)31/h2-13,16,22,24-25,34H,14-15H2,1H3,(H,32,35). The molecule has 4 atom stereocenters. The quantitative estimate of drug-likeness (QED) is 0.162. The molecule has 0 radical (unpaired) electrons. The number of amides is 1. The summed E-state index contributed by atoms with van der Waals surface area (Å²) < 4.78 is 13.1. The Labute approximate surface area is 249 Å². The van der Waals surface area contributed by atoms with Crippen LogP contribution in [0.5, 0.6) is 0 Å². The topological polar surface area (TPSA) is 80.7 Å². The Morgan fingerprint density at radius 3 is 2.54 bits per heavy atom. The Morgan fingerprint density at radius 1 is 1.05 bits per heavy atom. The van der Waals surface area contributed by atoms with Gasteiger partial charge >= 0.3 is 0 Å². The summed E-state index contributed by atoms with van der Waals surface area (Å²) in [6.07, 6.45) is -1.13. The number of carbonyl (C=O) groups excluding carboxylic acids is 1. The van der Waals surface area contributed by atoms with Crippen LogP contribution in [0.4, 0.5) is 5.69 Å². The molecule has 4 unspecified atom stereocenters. The van der Waals surface area contributed by atoms with Gasteiger partial charge < -0.3 is 19.9 Å². The molecular weight excluding hydrogens is 599 g/mol. The third-order valence-electron chi connectivity index (χ3n) is 6.44. The van der Waals surface area contributed by atoms with E-state index < -0.39 is 16.0 Å². The van der Waals surface area contributed by atoms with Crippen molar-refractivity contribution in [2.24, 2.45) is 5.92 Å². The van der Waals surface area contributed by atoms with Crippen molar-refractivity contribution in [3.8, 4) is 0 Å². The van der Waals surface area contributed by atoms with Crippen molar-refractivity contribution in [3.63, 3.8) is 0 Å². The van der Waals surface area contributed by atoms with Crippen LogP contribution in [0.1, 0.15) is 36.0 Å². The number of nitrogens with zero attached hydrogens (tertiary/aromatic N) is 1. The molecular formula is C28H25Cl3N2O4S2. The highest BCUT2D eigenvalue weighted by atomic mass is 35.6. The van der Waals surface area contributed by atoms with Crippen molar-refractivity contribution in [1.29, 1.82) is 0 Å². The number of hydrogen-bond donors (Lipinski definition) is 2. The highest BCUT2D eigenvalue weighted by molar-refractivity contribution is 8.01. The van der Waals surface area contributed by atoms with E-state index in [0.717, 1.165) is 31.2 Å². The third kappa shape index (κ3) is 6.89. The Kier molecular flexibility index (Phi) is 9.05. The molecule has 0 saturated carbocycles. The van der Waals surface area contributed by atoms with Crippen LogP contribution in [0.3, 0.4) is 0 Å². The van der Waals surface area contributed by atoms with Gasteiger partial charge in [0.2, 0.25) is 0 Å². The first-order valence-corrected chi connectivity index (χ1v) is 15.1. The van der Waals surface area contributed by atoms with Crippen LogP contribution < -0.4 is 5.32 Å². The summed E-state index contributed by atoms with van der Waals surface area (Å²) in [6.45, 7) is 2.09. The number of hydrogen-bond acceptors (Lipinski definition) is 7. The highest BCUT2D eigenvalue weighted by Crippen LogP contribution is 2.44. The van der Waals surface area contributed by atoms with E-state index in [1.54, 1.807) is 41.3 Å². The SMILES string of the molecule is CC1C(CSc2nc3ccccc3s2)OC(c2cccc(NC(=O)C(Cl)(Cl)Cl)c2)OC1c1ccc(CO)cc1. The third-order valence-corrected chi connectivity index (χ3v) is 9.23. The minimum atomic E-state index is -2.09. The summed E-state index contributed by atoms with van der Waals surface area (Å²) >= 11 is 20.5. The van der Waals surface area contributed by atoms with Crippen LogP contribution in [-0.2, 0) is 20.9 Å². The van der Waals surface area contributed by atoms with Gasteiger partial charge in [-0.25, -0.2) is 4.98 Å². The Morgan fingerprint density at radius 2 is 1.82 bits per heavy atom. The molecule has 1 aliphatic rings. The Balaban J connectivity index is 1.40. The Hall–Kier alpha value is -1.88. The van der Waals surface area contributed by atoms with Crippen molar-refractivity contribution >= 4 is 79.7 Å². The molecule has 1 aromatic heterocycles. The summed E-state index contributed by atoms with van der Waals surface area (Å²) in [4.78, 5) is 16.9. The lowest BCUT2D eigenvalue weighted by Gasteiger charge is -2.41. The first-order chi connectivity index (χ1) is 18.7. The second kappa shape index (κ2) is 12.3. The van der Waals surface area contributed by atoms with E-state index in [-0.39, 0.29) is 24.7 Å². The zero-order chi connectivity index (χ0) is 27.6. The minimum Gasteiger partial charge on any atom is -0.392 e. The van der Waals surface area contributed by atoms with Crippen LogP contribution in [0.15, 0.2) is 77.1 Å². The summed E-state index contributed by atoms with van der Waals surface area (Å²) in [5, 5.41) is 12.1. The van der Waals surface area contributed by atoms with Crippen LogP contribution in [0.25, 0.3) is 10.2 Å². The van der Waals surface area contributed by atoms with Gasteiger partial charge in [0.1, 0.15) is 0 Å². The average molecular weight is 624 g/mol. The number of anilines is 1. The smallest absolute Gasteiger partial charge is 0.276 e. The molecule has 1 saturated heterocycles. The van der Waals surface area contributed by atoms with Crippen molar-refractivity contribution in [2.45, 2.75) is 40.2 Å². The van der Waals surface area contributed by atoms with Crippen LogP contribution in [0.2, 0.25) is 0 Å². The van der Waals surface area contributed by atoms with E-state index >= 15 is 0 Å². The second-order valence-corrected chi connectivity index (χ2v) is 13.7. The largest absolute Gasteiger partial charge is 0.392 e. The maximum atomic E-state index is 12.2. The molecule has 1 aliphatic heterocycles. The zero-order valence-electron chi connectivity index (χ0n) is 20.7. The molecule has 0 spiro atoms. The molecule has 2 heterocycles. The molecule has 1 fully saturated rings. The molecule has 204 valence electrons. The lowest BCUT2D eigenvalue weighted by atomic mass is 9.91. The van der Waals surface area contributed by atoms with Gasteiger partial charge in [-0.2, -0.15) is 0 Å². The van der Waals surface area contributed by atoms with Gasteiger partial charge in [-0.15, -0.1) is 11.3 Å². The summed E-state index contributed by atoms with van der Waals surface area (Å²) in [5.74, 6) is -0.0541. The van der Waals surface area contributed by atoms with E-state index in [2.05, 4.69) is 18.3 Å². The fourth-order valence-corrected chi connectivity index (χ4v) is 6.74. The summed E-state index contributed by atoms with van der Waals surface area (Å²) in [6, 6.07) is 22.9. The predicted octanol–water partition coefficient (Wildman–Crippen LogP) is 7.68. The van der Waals surface area contributed by atoms with E-state index in [4.69, 9.17) is 49.3 Å². The number of thiazole rings is 1. The van der Waals surface area contributed by atoms with Crippen molar-refractivity contribution in [1.82, 2.24) is 4.98 Å². The molecule has 6 nitrogen and oxygen atoms in total. The fourth-order valence-electron chi connectivity index (χ4n) is 4.34. The van der Waals surface area contributed by atoms with Gasteiger partial charge in [0.15, 0.2) is 10.6 Å². The van der Waals surface area contributed by atoms with Gasteiger partial charge in [0.05, 0.1) is 29.0 Å². The molecule has 3 aromatic carbocycles. The molecule has 0 bridgehead atoms. The number of aromatic nitrogens is 1. The van der Waals surface area contributed by atoms with Gasteiger partial charge in [0.25, 0.3) is 9.70 Å². The number of benzene rings is 3. The highest BCUT2D eigenvalue weighted by Gasteiger charge is 2.39. The monoisotopic (exact) mass is 622 g/mol. The molecule has 39 heavy (non-hydrogen) atoms. The first kappa shape index (κ1) is 28.6. The first-order valence-electron chi connectivity index (χ1n) is 12.2. The predicted molar refractivity (Wildman–Crippen MR) is 159 cm³/mol. The fraction of sp³-hybridized carbons (Fsp3) is 0.286. The number of aliphatic hydroxyl groups is 1. The average Bonchev–Trinajstić information content (AvgIpc) is 3.35. The molecule has 4 aromatic rings. The number of para-hydroxylation sites is 1. The van der Waals surface area contributed by atoms with Crippen LogP contribution in [0, 0.1) is 5.92 Å². The van der Waals surface area contributed by atoms with Crippen molar-refractivity contribution in [2.75, 3.05) is 11.1 Å². The molecule has 0 aliphatic carbocycles. The maximum absolute atomic E-state index is 12.2. The van der Waals surface area contributed by atoms with E-state index in [1.807, 2.05) is 48.5 Å². The molecule has 1 amide bonds. The minimum absolute atomic E-state index is 0.0235. The molecule has 11 heteroatoms. The second-order valence-electron chi connectivity index (χ2n) is 9.16. The number of thioether (sulfide) groups is 1. The molecule has 2 N–H and O–H groups in total.